The third-order valence-corrected chi connectivity index (χ3v) is 6.28. The van der Waals surface area contributed by atoms with Crippen molar-refractivity contribution < 1.29 is 8.42 Å². The molecule has 0 amide bonds. The Bertz CT molecular complexity index is 1040. The molecule has 0 saturated carbocycles. The lowest BCUT2D eigenvalue weighted by molar-refractivity contribution is 0.241. The normalized spacial score (nSPS) is 18.6. The molecule has 2 heterocycles. The first-order valence-corrected chi connectivity index (χ1v) is 10.8. The van der Waals surface area contributed by atoms with Crippen LogP contribution in [0.15, 0.2) is 47.4 Å². The number of sulfone groups is 1. The minimum Gasteiger partial charge on any atom is -0.341 e. The lowest BCUT2D eigenvalue weighted by Gasteiger charge is -2.23. The smallest absolute Gasteiger partial charge is 0.175 e. The molecule has 5 nitrogen and oxygen atoms in total. The molecule has 1 aliphatic heterocycles. The first-order chi connectivity index (χ1) is 12.4. The van der Waals surface area contributed by atoms with Crippen LogP contribution in [-0.4, -0.2) is 36.1 Å². The van der Waals surface area contributed by atoms with Crippen molar-refractivity contribution in [2.75, 3.05) is 12.8 Å². The summed E-state index contributed by atoms with van der Waals surface area (Å²) in [5.74, 6) is 1.03. The van der Waals surface area contributed by atoms with Crippen LogP contribution in [0.5, 0.6) is 0 Å². The van der Waals surface area contributed by atoms with Gasteiger partial charge >= 0.3 is 0 Å². The molecule has 1 atom stereocenters. The Hall–Kier alpha value is -2.18. The van der Waals surface area contributed by atoms with Crippen LogP contribution < -0.4 is 0 Å². The zero-order valence-electron chi connectivity index (χ0n) is 15.1. The van der Waals surface area contributed by atoms with E-state index in [0.717, 1.165) is 48.4 Å². The van der Waals surface area contributed by atoms with Gasteiger partial charge in [-0.2, -0.15) is 0 Å². The van der Waals surface area contributed by atoms with Crippen molar-refractivity contribution in [2.24, 2.45) is 0 Å². The molecule has 1 N–H and O–H groups in total. The molecular weight excluding hydrogens is 346 g/mol. The second-order valence-electron chi connectivity index (χ2n) is 7.14. The number of nitrogens with zero attached hydrogens (tertiary/aromatic N) is 2. The van der Waals surface area contributed by atoms with Crippen molar-refractivity contribution in [1.82, 2.24) is 14.9 Å². The van der Waals surface area contributed by atoms with E-state index >= 15 is 0 Å². The van der Waals surface area contributed by atoms with Gasteiger partial charge < -0.3 is 4.98 Å². The van der Waals surface area contributed by atoms with Crippen molar-refractivity contribution in [2.45, 2.75) is 37.2 Å². The highest BCUT2D eigenvalue weighted by Gasteiger charge is 2.28. The van der Waals surface area contributed by atoms with Crippen LogP contribution in [0.25, 0.3) is 11.0 Å². The molecule has 0 aliphatic carbocycles. The van der Waals surface area contributed by atoms with Crippen molar-refractivity contribution >= 4 is 20.9 Å². The van der Waals surface area contributed by atoms with Gasteiger partial charge in [0, 0.05) is 12.8 Å². The summed E-state index contributed by atoms with van der Waals surface area (Å²) in [5, 5.41) is 0. The molecule has 3 aromatic rings. The summed E-state index contributed by atoms with van der Waals surface area (Å²) in [7, 11) is -3.15. The number of aromatic amines is 1. The van der Waals surface area contributed by atoms with Crippen molar-refractivity contribution in [3.05, 3.63) is 59.4 Å². The Morgan fingerprint density at radius 3 is 2.65 bits per heavy atom. The lowest BCUT2D eigenvalue weighted by Crippen LogP contribution is -2.23. The summed E-state index contributed by atoms with van der Waals surface area (Å²) < 4.78 is 23.2. The monoisotopic (exact) mass is 369 g/mol. The summed E-state index contributed by atoms with van der Waals surface area (Å²) in [6.45, 7) is 3.90. The fourth-order valence-corrected chi connectivity index (χ4v) is 4.38. The van der Waals surface area contributed by atoms with Crippen LogP contribution >= 0.6 is 0 Å². The van der Waals surface area contributed by atoms with Gasteiger partial charge in [-0.25, -0.2) is 13.4 Å². The van der Waals surface area contributed by atoms with E-state index in [4.69, 9.17) is 4.98 Å². The molecule has 0 radical (unpaired) electrons. The SMILES string of the molecule is Cc1cccc2[nH]c([C@H]3CCCN3Cc3ccc(S(C)(=O)=O)cc3)nc12. The molecule has 0 bridgehead atoms. The van der Waals surface area contributed by atoms with E-state index in [0.29, 0.717) is 4.90 Å². The molecule has 136 valence electrons. The molecule has 6 heteroatoms. The number of aryl methyl sites for hydroxylation is 1. The van der Waals surface area contributed by atoms with Gasteiger partial charge in [0.15, 0.2) is 9.84 Å². The van der Waals surface area contributed by atoms with Gasteiger partial charge in [-0.3, -0.25) is 4.90 Å². The van der Waals surface area contributed by atoms with Crippen LogP contribution in [-0.2, 0) is 16.4 Å². The van der Waals surface area contributed by atoms with E-state index in [1.807, 2.05) is 12.1 Å². The summed E-state index contributed by atoms with van der Waals surface area (Å²) in [4.78, 5) is 11.1. The number of benzene rings is 2. The quantitative estimate of drug-likeness (QED) is 0.763. The number of imidazole rings is 1. The Labute approximate surface area is 154 Å². The fraction of sp³-hybridized carbons (Fsp3) is 0.350. The highest BCUT2D eigenvalue weighted by Crippen LogP contribution is 2.33. The standard InChI is InChI=1S/C20H23N3O2S/c1-14-5-3-6-17-19(14)22-20(21-17)18-7-4-12-23(18)13-15-8-10-16(11-9-15)26(2,24)25/h3,5-6,8-11,18H,4,7,12-13H2,1-2H3,(H,21,22)/t18-/m1/s1. The van der Waals surface area contributed by atoms with Gasteiger partial charge in [-0.05, 0) is 55.6 Å². The number of rotatable bonds is 4. The summed E-state index contributed by atoms with van der Waals surface area (Å²) in [6, 6.07) is 13.7. The van der Waals surface area contributed by atoms with Gasteiger partial charge in [0.1, 0.15) is 5.82 Å². The number of H-pyrrole nitrogens is 1. The maximum atomic E-state index is 11.6. The Kier molecular flexibility index (Phi) is 4.32. The topological polar surface area (TPSA) is 66.1 Å². The molecule has 1 fully saturated rings. The van der Waals surface area contributed by atoms with Gasteiger partial charge in [0.25, 0.3) is 0 Å². The largest absolute Gasteiger partial charge is 0.341 e. The Balaban J connectivity index is 1.57. The number of likely N-dealkylation sites (tertiary alicyclic amines) is 1. The molecule has 4 rings (SSSR count). The average molecular weight is 369 g/mol. The first kappa shape index (κ1) is 17.2. The van der Waals surface area contributed by atoms with Gasteiger partial charge in [0.2, 0.25) is 0 Å². The molecule has 2 aromatic carbocycles. The van der Waals surface area contributed by atoms with Gasteiger partial charge in [-0.1, -0.05) is 24.3 Å². The number of fused-ring (bicyclic) bond motifs is 1. The van der Waals surface area contributed by atoms with Crippen LogP contribution in [0.1, 0.15) is 35.8 Å². The van der Waals surface area contributed by atoms with E-state index in [1.165, 1.54) is 11.8 Å². The maximum Gasteiger partial charge on any atom is 0.175 e. The van der Waals surface area contributed by atoms with Crippen molar-refractivity contribution in [3.63, 3.8) is 0 Å². The van der Waals surface area contributed by atoms with Gasteiger partial charge in [-0.15, -0.1) is 0 Å². The molecule has 0 spiro atoms. The number of nitrogens with one attached hydrogen (secondary N) is 1. The second-order valence-corrected chi connectivity index (χ2v) is 9.15. The average Bonchev–Trinajstić information content (AvgIpc) is 3.21. The Morgan fingerprint density at radius 2 is 1.96 bits per heavy atom. The highest BCUT2D eigenvalue weighted by atomic mass is 32.2. The molecule has 1 aromatic heterocycles. The zero-order chi connectivity index (χ0) is 18.3. The maximum absolute atomic E-state index is 11.6. The van der Waals surface area contributed by atoms with E-state index in [1.54, 1.807) is 12.1 Å². The highest BCUT2D eigenvalue weighted by molar-refractivity contribution is 7.90. The van der Waals surface area contributed by atoms with Crippen molar-refractivity contribution in [3.8, 4) is 0 Å². The van der Waals surface area contributed by atoms with Crippen LogP contribution in [0, 0.1) is 6.92 Å². The number of aromatic nitrogens is 2. The zero-order valence-corrected chi connectivity index (χ0v) is 15.9. The molecule has 1 aliphatic rings. The number of hydrogen-bond donors (Lipinski definition) is 1. The van der Waals surface area contributed by atoms with E-state index < -0.39 is 9.84 Å². The van der Waals surface area contributed by atoms with Gasteiger partial charge in [0.05, 0.1) is 22.0 Å². The van der Waals surface area contributed by atoms with E-state index in [-0.39, 0.29) is 6.04 Å². The predicted octanol–water partition coefficient (Wildman–Crippen LogP) is 3.61. The van der Waals surface area contributed by atoms with E-state index in [9.17, 15) is 8.42 Å². The predicted molar refractivity (Wildman–Crippen MR) is 103 cm³/mol. The fourth-order valence-electron chi connectivity index (χ4n) is 3.75. The lowest BCUT2D eigenvalue weighted by atomic mass is 10.1. The van der Waals surface area contributed by atoms with Crippen LogP contribution in [0.4, 0.5) is 0 Å². The van der Waals surface area contributed by atoms with Crippen LogP contribution in [0.2, 0.25) is 0 Å². The second kappa shape index (κ2) is 6.52. The molecular formula is C20H23N3O2S. The van der Waals surface area contributed by atoms with Crippen LogP contribution in [0.3, 0.4) is 0 Å². The third kappa shape index (κ3) is 3.27. The third-order valence-electron chi connectivity index (χ3n) is 5.15. The molecule has 0 unspecified atom stereocenters. The summed E-state index contributed by atoms with van der Waals surface area (Å²) in [6.07, 6.45) is 3.46. The minimum atomic E-state index is -3.15. The van der Waals surface area contributed by atoms with Crippen molar-refractivity contribution in [1.29, 1.82) is 0 Å². The molecule has 1 saturated heterocycles. The minimum absolute atomic E-state index is 0.274. The molecule has 26 heavy (non-hydrogen) atoms. The Morgan fingerprint density at radius 1 is 1.19 bits per heavy atom. The number of hydrogen-bond acceptors (Lipinski definition) is 4. The van der Waals surface area contributed by atoms with E-state index in [2.05, 4.69) is 35.0 Å². The number of para-hydroxylation sites is 1. The first-order valence-electron chi connectivity index (χ1n) is 8.90. The summed E-state index contributed by atoms with van der Waals surface area (Å²) >= 11 is 0. The summed E-state index contributed by atoms with van der Waals surface area (Å²) in [5.41, 5.74) is 4.44.